The fourth-order valence-corrected chi connectivity index (χ4v) is 2.02. The fourth-order valence-electron chi connectivity index (χ4n) is 1.48. The lowest BCUT2D eigenvalue weighted by molar-refractivity contribution is 0.0473. The Balaban J connectivity index is 2.04. The number of rotatable bonds is 3. The van der Waals surface area contributed by atoms with Crippen molar-refractivity contribution in [2.75, 3.05) is 0 Å². The summed E-state index contributed by atoms with van der Waals surface area (Å²) in [6.07, 6.45) is 0. The topological polar surface area (TPSA) is 26.3 Å². The van der Waals surface area contributed by atoms with Gasteiger partial charge in [0.15, 0.2) is 0 Å². The van der Waals surface area contributed by atoms with Gasteiger partial charge >= 0.3 is 5.97 Å². The predicted octanol–water partition coefficient (Wildman–Crippen LogP) is 5.00. The summed E-state index contributed by atoms with van der Waals surface area (Å²) in [4.78, 5) is 11.8. The van der Waals surface area contributed by atoms with Crippen molar-refractivity contribution in [1.82, 2.24) is 0 Å². The molecule has 19 heavy (non-hydrogen) atoms. The Labute approximate surface area is 125 Å². The molecule has 0 radical (unpaired) electrons. The van der Waals surface area contributed by atoms with Crippen LogP contribution in [0.1, 0.15) is 15.9 Å². The number of esters is 1. The molecule has 0 bridgehead atoms. The highest BCUT2D eigenvalue weighted by atomic mass is 35.5. The Morgan fingerprint density at radius 1 is 0.947 bits per heavy atom. The standard InChI is InChI=1S/C14H9Cl3O2/c15-11-4-2-1-3-10(11)14(18)19-8-9-5-6-12(16)13(17)7-9/h1-7H,8H2. The van der Waals surface area contributed by atoms with Crippen molar-refractivity contribution in [2.45, 2.75) is 6.61 Å². The minimum atomic E-state index is -0.475. The first-order chi connectivity index (χ1) is 9.08. The van der Waals surface area contributed by atoms with Crippen molar-refractivity contribution < 1.29 is 9.53 Å². The lowest BCUT2D eigenvalue weighted by atomic mass is 10.2. The van der Waals surface area contributed by atoms with Crippen LogP contribution in [0.3, 0.4) is 0 Å². The third-order valence-electron chi connectivity index (χ3n) is 2.45. The molecule has 2 rings (SSSR count). The number of carbonyl (C=O) groups excluding carboxylic acids is 1. The van der Waals surface area contributed by atoms with Crippen molar-refractivity contribution in [3.8, 4) is 0 Å². The number of halogens is 3. The maximum Gasteiger partial charge on any atom is 0.339 e. The molecular weight excluding hydrogens is 307 g/mol. The molecule has 0 N–H and O–H groups in total. The van der Waals surface area contributed by atoms with Crippen LogP contribution in [0, 0.1) is 0 Å². The van der Waals surface area contributed by atoms with Gasteiger partial charge in [-0.15, -0.1) is 0 Å². The van der Waals surface area contributed by atoms with E-state index in [4.69, 9.17) is 39.5 Å². The summed E-state index contributed by atoms with van der Waals surface area (Å²) in [6, 6.07) is 11.8. The Morgan fingerprint density at radius 3 is 2.37 bits per heavy atom. The van der Waals surface area contributed by atoms with E-state index in [1.807, 2.05) is 0 Å². The quantitative estimate of drug-likeness (QED) is 0.745. The van der Waals surface area contributed by atoms with E-state index >= 15 is 0 Å². The SMILES string of the molecule is O=C(OCc1ccc(Cl)c(Cl)c1)c1ccccc1Cl. The van der Waals surface area contributed by atoms with Gasteiger partial charge in [-0.1, -0.05) is 53.0 Å². The molecule has 0 saturated heterocycles. The van der Waals surface area contributed by atoms with Crippen LogP contribution in [0.5, 0.6) is 0 Å². The van der Waals surface area contributed by atoms with E-state index in [9.17, 15) is 4.79 Å². The molecule has 2 aromatic rings. The number of hydrogen-bond acceptors (Lipinski definition) is 2. The second kappa shape index (κ2) is 6.29. The van der Waals surface area contributed by atoms with Crippen LogP contribution in [0.4, 0.5) is 0 Å². The van der Waals surface area contributed by atoms with Crippen LogP contribution in [-0.2, 0) is 11.3 Å². The monoisotopic (exact) mass is 314 g/mol. The van der Waals surface area contributed by atoms with Crippen molar-refractivity contribution in [3.05, 3.63) is 68.7 Å². The molecule has 0 unspecified atom stereocenters. The molecule has 0 aliphatic carbocycles. The zero-order valence-corrected chi connectivity index (χ0v) is 12.0. The molecule has 0 heterocycles. The van der Waals surface area contributed by atoms with Crippen molar-refractivity contribution in [1.29, 1.82) is 0 Å². The molecule has 2 aromatic carbocycles. The summed E-state index contributed by atoms with van der Waals surface area (Å²) in [5, 5.41) is 1.25. The molecule has 0 aliphatic rings. The molecule has 0 saturated carbocycles. The van der Waals surface area contributed by atoms with Crippen LogP contribution < -0.4 is 0 Å². The highest BCUT2D eigenvalue weighted by Crippen LogP contribution is 2.23. The van der Waals surface area contributed by atoms with Gasteiger partial charge in [-0.05, 0) is 29.8 Å². The molecule has 5 heteroatoms. The second-order valence-electron chi connectivity index (χ2n) is 3.80. The van der Waals surface area contributed by atoms with Crippen molar-refractivity contribution >= 4 is 40.8 Å². The smallest absolute Gasteiger partial charge is 0.339 e. The number of hydrogen-bond donors (Lipinski definition) is 0. The molecule has 0 aliphatic heterocycles. The highest BCUT2D eigenvalue weighted by molar-refractivity contribution is 6.42. The third-order valence-corrected chi connectivity index (χ3v) is 3.52. The summed E-state index contributed by atoms with van der Waals surface area (Å²) in [5.74, 6) is -0.475. The minimum Gasteiger partial charge on any atom is -0.457 e. The van der Waals surface area contributed by atoms with Crippen LogP contribution >= 0.6 is 34.8 Å². The van der Waals surface area contributed by atoms with E-state index < -0.39 is 5.97 Å². The van der Waals surface area contributed by atoms with E-state index in [1.165, 1.54) is 0 Å². The van der Waals surface area contributed by atoms with Gasteiger partial charge in [0.05, 0.1) is 20.6 Å². The van der Waals surface area contributed by atoms with Crippen molar-refractivity contribution in [2.24, 2.45) is 0 Å². The summed E-state index contributed by atoms with van der Waals surface area (Å²) in [7, 11) is 0. The van der Waals surface area contributed by atoms with Crippen molar-refractivity contribution in [3.63, 3.8) is 0 Å². The van der Waals surface area contributed by atoms with Gasteiger partial charge in [-0.2, -0.15) is 0 Å². The zero-order chi connectivity index (χ0) is 13.8. The van der Waals surface area contributed by atoms with E-state index in [0.29, 0.717) is 20.6 Å². The first-order valence-electron chi connectivity index (χ1n) is 5.43. The predicted molar refractivity (Wildman–Crippen MR) is 77.0 cm³/mol. The summed E-state index contributed by atoms with van der Waals surface area (Å²) >= 11 is 17.6. The van der Waals surface area contributed by atoms with Gasteiger partial charge in [0.1, 0.15) is 6.61 Å². The molecule has 0 aromatic heterocycles. The zero-order valence-electron chi connectivity index (χ0n) is 9.70. The van der Waals surface area contributed by atoms with E-state index in [-0.39, 0.29) is 6.61 Å². The molecule has 2 nitrogen and oxygen atoms in total. The number of carbonyl (C=O) groups is 1. The van der Waals surface area contributed by atoms with Gasteiger partial charge in [-0.3, -0.25) is 0 Å². The summed E-state index contributed by atoms with van der Waals surface area (Å²) in [5.41, 5.74) is 1.10. The van der Waals surface area contributed by atoms with Gasteiger partial charge < -0.3 is 4.74 Å². The Morgan fingerprint density at radius 2 is 1.68 bits per heavy atom. The van der Waals surface area contributed by atoms with Gasteiger partial charge in [0, 0.05) is 0 Å². The van der Waals surface area contributed by atoms with Gasteiger partial charge in [-0.25, -0.2) is 4.79 Å². The van der Waals surface area contributed by atoms with Crippen LogP contribution in [0.2, 0.25) is 15.1 Å². The van der Waals surface area contributed by atoms with Gasteiger partial charge in [0.25, 0.3) is 0 Å². The van der Waals surface area contributed by atoms with Crippen LogP contribution in [0.25, 0.3) is 0 Å². The molecule has 0 fully saturated rings. The van der Waals surface area contributed by atoms with E-state index in [2.05, 4.69) is 0 Å². The Hall–Kier alpha value is -1.22. The lowest BCUT2D eigenvalue weighted by Gasteiger charge is -2.07. The van der Waals surface area contributed by atoms with Gasteiger partial charge in [0.2, 0.25) is 0 Å². The highest BCUT2D eigenvalue weighted by Gasteiger charge is 2.11. The molecule has 98 valence electrons. The largest absolute Gasteiger partial charge is 0.457 e. The average molecular weight is 316 g/mol. The second-order valence-corrected chi connectivity index (χ2v) is 5.03. The Kier molecular flexibility index (Phi) is 4.70. The molecule has 0 atom stereocenters. The number of ether oxygens (including phenoxy) is 1. The molecule has 0 spiro atoms. The maximum absolute atomic E-state index is 11.8. The summed E-state index contributed by atoms with van der Waals surface area (Å²) < 4.78 is 5.16. The summed E-state index contributed by atoms with van der Waals surface area (Å²) in [6.45, 7) is 0.112. The van der Waals surface area contributed by atoms with E-state index in [0.717, 1.165) is 5.56 Å². The number of benzene rings is 2. The first-order valence-corrected chi connectivity index (χ1v) is 6.57. The molecule has 0 amide bonds. The normalized spacial score (nSPS) is 10.3. The average Bonchev–Trinajstić information content (AvgIpc) is 2.40. The third kappa shape index (κ3) is 3.63. The first kappa shape index (κ1) is 14.2. The maximum atomic E-state index is 11.8. The van der Waals surface area contributed by atoms with E-state index in [1.54, 1.807) is 42.5 Å². The lowest BCUT2D eigenvalue weighted by Crippen LogP contribution is -2.05. The Bertz CT molecular complexity index is 611. The van der Waals surface area contributed by atoms with Crippen LogP contribution in [0.15, 0.2) is 42.5 Å². The fraction of sp³-hybridized carbons (Fsp3) is 0.0714. The molecular formula is C14H9Cl3O2. The minimum absolute atomic E-state index is 0.112. The van der Waals surface area contributed by atoms with Crippen LogP contribution in [-0.4, -0.2) is 5.97 Å².